The molecule has 0 aromatic carbocycles. The van der Waals surface area contributed by atoms with Crippen LogP contribution in [-0.2, 0) is 6.54 Å². The number of hydrogen-bond acceptors (Lipinski definition) is 6. The van der Waals surface area contributed by atoms with Gasteiger partial charge < -0.3 is 0 Å². The third-order valence-corrected chi connectivity index (χ3v) is 2.19. The quantitative estimate of drug-likeness (QED) is 0.313. The highest BCUT2D eigenvalue weighted by atomic mass is 16.2. The summed E-state index contributed by atoms with van der Waals surface area (Å²) in [5.74, 6) is 4.58. The van der Waals surface area contributed by atoms with Gasteiger partial charge in [-0.1, -0.05) is 0 Å². The van der Waals surface area contributed by atoms with Crippen LogP contribution in [0.15, 0.2) is 18.3 Å². The number of hydrogen-bond donors (Lipinski definition) is 2. The van der Waals surface area contributed by atoms with E-state index >= 15 is 0 Å². The molecule has 7 heteroatoms. The van der Waals surface area contributed by atoms with Gasteiger partial charge in [0.1, 0.15) is 0 Å². The SMILES string of the molecule is N#CCN(CC#N)Cc1ccc(C(=O)NN)cn1. The maximum absolute atomic E-state index is 11.2. The van der Waals surface area contributed by atoms with E-state index in [9.17, 15) is 4.79 Å². The molecule has 0 bridgehead atoms. The van der Waals surface area contributed by atoms with Crippen LogP contribution in [0.3, 0.4) is 0 Å². The minimum Gasteiger partial charge on any atom is -0.290 e. The number of pyridine rings is 1. The summed E-state index contributed by atoms with van der Waals surface area (Å²) < 4.78 is 0. The van der Waals surface area contributed by atoms with Crippen LogP contribution in [0.2, 0.25) is 0 Å². The molecule has 0 unspecified atom stereocenters. The summed E-state index contributed by atoms with van der Waals surface area (Å²) in [4.78, 5) is 16.9. The number of nitrogens with zero attached hydrogens (tertiary/aromatic N) is 4. The Bertz CT molecular complexity index is 468. The maximum Gasteiger partial charge on any atom is 0.266 e. The van der Waals surface area contributed by atoms with Crippen LogP contribution in [-0.4, -0.2) is 28.9 Å². The van der Waals surface area contributed by atoms with E-state index in [1.54, 1.807) is 17.0 Å². The first-order valence-electron chi connectivity index (χ1n) is 5.13. The Labute approximate surface area is 104 Å². The number of carbonyl (C=O) groups is 1. The summed E-state index contributed by atoms with van der Waals surface area (Å²) in [6.07, 6.45) is 1.40. The molecule has 1 rings (SSSR count). The lowest BCUT2D eigenvalue weighted by Crippen LogP contribution is -2.30. The van der Waals surface area contributed by atoms with Crippen molar-refractivity contribution in [2.75, 3.05) is 13.1 Å². The monoisotopic (exact) mass is 244 g/mol. The molecular weight excluding hydrogens is 232 g/mol. The summed E-state index contributed by atoms with van der Waals surface area (Å²) >= 11 is 0. The lowest BCUT2D eigenvalue weighted by Gasteiger charge is -2.14. The molecule has 1 aromatic rings. The zero-order chi connectivity index (χ0) is 13.4. The Morgan fingerprint density at radius 3 is 2.50 bits per heavy atom. The molecule has 18 heavy (non-hydrogen) atoms. The molecule has 0 fully saturated rings. The van der Waals surface area contributed by atoms with Gasteiger partial charge in [-0.05, 0) is 12.1 Å². The largest absolute Gasteiger partial charge is 0.290 e. The van der Waals surface area contributed by atoms with Crippen molar-refractivity contribution in [1.82, 2.24) is 15.3 Å². The van der Waals surface area contributed by atoms with Crippen LogP contribution in [0.4, 0.5) is 0 Å². The van der Waals surface area contributed by atoms with E-state index in [1.807, 2.05) is 17.6 Å². The van der Waals surface area contributed by atoms with Crippen molar-refractivity contribution in [2.24, 2.45) is 5.84 Å². The predicted octanol–water partition coefficient (Wildman–Crippen LogP) is -0.466. The van der Waals surface area contributed by atoms with E-state index in [1.165, 1.54) is 6.20 Å². The van der Waals surface area contributed by atoms with Crippen molar-refractivity contribution < 1.29 is 4.79 Å². The molecule has 0 spiro atoms. The standard InChI is InChI=1S/C11H12N6O/c12-3-5-17(6-4-13)8-10-2-1-9(7-15-10)11(18)16-14/h1-2,7H,5-6,8,14H2,(H,16,18). The van der Waals surface area contributed by atoms with Crippen molar-refractivity contribution >= 4 is 5.91 Å². The highest BCUT2D eigenvalue weighted by Crippen LogP contribution is 2.03. The molecule has 0 atom stereocenters. The Morgan fingerprint density at radius 1 is 1.39 bits per heavy atom. The molecule has 1 amide bonds. The van der Waals surface area contributed by atoms with Gasteiger partial charge in [-0.2, -0.15) is 10.5 Å². The minimum atomic E-state index is -0.417. The van der Waals surface area contributed by atoms with E-state index in [2.05, 4.69) is 4.98 Å². The molecule has 1 aromatic heterocycles. The van der Waals surface area contributed by atoms with E-state index in [-0.39, 0.29) is 13.1 Å². The van der Waals surface area contributed by atoms with Crippen molar-refractivity contribution in [3.05, 3.63) is 29.6 Å². The number of nitrogens with one attached hydrogen (secondary N) is 1. The molecule has 7 nitrogen and oxygen atoms in total. The van der Waals surface area contributed by atoms with E-state index < -0.39 is 5.91 Å². The van der Waals surface area contributed by atoms with Gasteiger partial charge >= 0.3 is 0 Å². The minimum absolute atomic E-state index is 0.153. The van der Waals surface area contributed by atoms with Gasteiger partial charge in [0.25, 0.3) is 5.91 Å². The van der Waals surface area contributed by atoms with Crippen LogP contribution in [0, 0.1) is 22.7 Å². The van der Waals surface area contributed by atoms with Gasteiger partial charge in [0.05, 0.1) is 36.5 Å². The Morgan fingerprint density at radius 2 is 2.06 bits per heavy atom. The summed E-state index contributed by atoms with van der Waals surface area (Å²) in [7, 11) is 0. The number of nitrogens with two attached hydrogens (primary N) is 1. The summed E-state index contributed by atoms with van der Waals surface area (Å²) in [6.45, 7) is 0.687. The zero-order valence-electron chi connectivity index (χ0n) is 9.63. The van der Waals surface area contributed by atoms with Crippen molar-refractivity contribution in [3.8, 4) is 12.1 Å². The molecule has 1 heterocycles. The number of nitrogen functional groups attached to an aromatic ring is 1. The Kier molecular flexibility index (Phi) is 5.26. The van der Waals surface area contributed by atoms with Crippen LogP contribution >= 0.6 is 0 Å². The average molecular weight is 244 g/mol. The third-order valence-electron chi connectivity index (χ3n) is 2.19. The van der Waals surface area contributed by atoms with Gasteiger partial charge in [0, 0.05) is 12.7 Å². The molecule has 0 saturated heterocycles. The van der Waals surface area contributed by atoms with Crippen molar-refractivity contribution in [3.63, 3.8) is 0 Å². The molecule has 0 aliphatic rings. The summed E-state index contributed by atoms with van der Waals surface area (Å²) in [5, 5.41) is 17.2. The van der Waals surface area contributed by atoms with Crippen molar-refractivity contribution in [1.29, 1.82) is 10.5 Å². The van der Waals surface area contributed by atoms with Crippen LogP contribution < -0.4 is 11.3 Å². The number of carbonyl (C=O) groups excluding carboxylic acids is 1. The maximum atomic E-state index is 11.2. The second-order valence-electron chi connectivity index (χ2n) is 3.47. The highest BCUT2D eigenvalue weighted by molar-refractivity contribution is 5.93. The predicted molar refractivity (Wildman–Crippen MR) is 62.4 cm³/mol. The fourth-order valence-electron chi connectivity index (χ4n) is 1.33. The van der Waals surface area contributed by atoms with Gasteiger partial charge in [0.15, 0.2) is 0 Å². The number of nitriles is 2. The molecule has 3 N–H and O–H groups in total. The second kappa shape index (κ2) is 6.97. The second-order valence-corrected chi connectivity index (χ2v) is 3.47. The lowest BCUT2D eigenvalue weighted by atomic mass is 10.2. The number of aromatic nitrogens is 1. The van der Waals surface area contributed by atoms with E-state index in [0.29, 0.717) is 17.8 Å². The third kappa shape index (κ3) is 3.83. The highest BCUT2D eigenvalue weighted by Gasteiger charge is 2.07. The first kappa shape index (κ1) is 13.6. The Hall–Kier alpha value is -2.48. The van der Waals surface area contributed by atoms with Gasteiger partial charge in [-0.15, -0.1) is 0 Å². The van der Waals surface area contributed by atoms with E-state index in [4.69, 9.17) is 16.4 Å². The van der Waals surface area contributed by atoms with Gasteiger partial charge in [-0.3, -0.25) is 20.1 Å². The molecule has 92 valence electrons. The average Bonchev–Trinajstić information content (AvgIpc) is 2.39. The fraction of sp³-hybridized carbons (Fsp3) is 0.273. The molecule has 0 aliphatic carbocycles. The summed E-state index contributed by atoms with van der Waals surface area (Å²) in [5.41, 5.74) is 3.04. The van der Waals surface area contributed by atoms with Crippen LogP contribution in [0.1, 0.15) is 16.1 Å². The summed E-state index contributed by atoms with van der Waals surface area (Å²) in [6, 6.07) is 7.20. The first-order valence-corrected chi connectivity index (χ1v) is 5.13. The smallest absolute Gasteiger partial charge is 0.266 e. The molecule has 0 radical (unpaired) electrons. The number of hydrazine groups is 1. The number of rotatable bonds is 5. The molecule has 0 aliphatic heterocycles. The molecular formula is C11H12N6O. The lowest BCUT2D eigenvalue weighted by molar-refractivity contribution is 0.0953. The van der Waals surface area contributed by atoms with E-state index in [0.717, 1.165) is 0 Å². The molecule has 0 saturated carbocycles. The first-order chi connectivity index (χ1) is 8.71. The fourth-order valence-corrected chi connectivity index (χ4v) is 1.33. The Balaban J connectivity index is 2.71. The van der Waals surface area contributed by atoms with Crippen molar-refractivity contribution in [2.45, 2.75) is 6.54 Å². The number of amides is 1. The topological polar surface area (TPSA) is 119 Å². The van der Waals surface area contributed by atoms with Crippen LogP contribution in [0.5, 0.6) is 0 Å². The van der Waals surface area contributed by atoms with Gasteiger partial charge in [0.2, 0.25) is 0 Å². The zero-order valence-corrected chi connectivity index (χ0v) is 9.63. The van der Waals surface area contributed by atoms with Crippen LogP contribution in [0.25, 0.3) is 0 Å². The van der Waals surface area contributed by atoms with Gasteiger partial charge in [-0.25, -0.2) is 5.84 Å². The normalized spacial score (nSPS) is 9.56.